The average molecular weight is 388 g/mol. The number of carbonyl (C=O) groups is 1. The zero-order valence-corrected chi connectivity index (χ0v) is 13.8. The van der Waals surface area contributed by atoms with Gasteiger partial charge in [-0.05, 0) is 39.0 Å². The molecule has 0 fully saturated rings. The van der Waals surface area contributed by atoms with Crippen molar-refractivity contribution in [1.29, 1.82) is 0 Å². The van der Waals surface area contributed by atoms with E-state index in [4.69, 9.17) is 0 Å². The van der Waals surface area contributed by atoms with Gasteiger partial charge in [0.25, 0.3) is 10.0 Å². The molecule has 0 amide bonds. The van der Waals surface area contributed by atoms with Gasteiger partial charge in [-0.2, -0.15) is 0 Å². The molecule has 0 aliphatic carbocycles. The molecule has 1 aromatic carbocycles. The first-order chi connectivity index (χ1) is 9.93. The maximum atomic E-state index is 12.8. The number of sulfonamides is 1. The van der Waals surface area contributed by atoms with Crippen molar-refractivity contribution in [2.24, 2.45) is 0 Å². The Hall–Kier alpha value is -1.38. The van der Waals surface area contributed by atoms with Crippen LogP contribution in [0.4, 0.5) is 5.69 Å². The minimum atomic E-state index is -3.91. The van der Waals surface area contributed by atoms with Crippen LogP contribution >= 0.6 is 27.3 Å². The van der Waals surface area contributed by atoms with E-state index in [-0.39, 0.29) is 10.6 Å². The lowest BCUT2D eigenvalue weighted by molar-refractivity contribution is -0.138. The second-order valence-corrected chi connectivity index (χ2v) is 8.32. The molecule has 1 aromatic heterocycles. The topological polar surface area (TPSA) is 74.7 Å². The fourth-order valence-corrected chi connectivity index (χ4v) is 6.43. The van der Waals surface area contributed by atoms with E-state index in [0.717, 1.165) is 21.2 Å². The standard InChI is InChI=1S/C13H10BrNO4S2/c14-9-5-6-20-13(9)21(18,19)15-10-4-2-1-3-8(10)7-11(15)12(16)17/h1-6,11H,7H2,(H,16,17). The van der Waals surface area contributed by atoms with Crippen molar-refractivity contribution >= 4 is 48.9 Å². The average Bonchev–Trinajstić information content (AvgIpc) is 3.02. The van der Waals surface area contributed by atoms with Crippen LogP contribution in [0.5, 0.6) is 0 Å². The summed E-state index contributed by atoms with van der Waals surface area (Å²) in [5.41, 5.74) is 1.16. The Morgan fingerprint density at radius 1 is 1.33 bits per heavy atom. The number of fused-ring (bicyclic) bond motifs is 1. The minimum absolute atomic E-state index is 0.116. The number of carboxylic acid groups (broad SMARTS) is 1. The molecule has 8 heteroatoms. The molecule has 21 heavy (non-hydrogen) atoms. The van der Waals surface area contributed by atoms with Crippen LogP contribution < -0.4 is 4.31 Å². The van der Waals surface area contributed by atoms with Crippen LogP contribution in [0, 0.1) is 0 Å². The van der Waals surface area contributed by atoms with Crippen LogP contribution in [-0.4, -0.2) is 25.5 Å². The Morgan fingerprint density at radius 2 is 2.05 bits per heavy atom. The van der Waals surface area contributed by atoms with Gasteiger partial charge in [0.05, 0.1) is 5.69 Å². The number of halogens is 1. The zero-order chi connectivity index (χ0) is 15.2. The van der Waals surface area contributed by atoms with Crippen molar-refractivity contribution in [2.75, 3.05) is 4.31 Å². The lowest BCUT2D eigenvalue weighted by Crippen LogP contribution is -2.42. The third-order valence-electron chi connectivity index (χ3n) is 3.29. The van der Waals surface area contributed by atoms with Crippen LogP contribution in [-0.2, 0) is 21.2 Å². The highest BCUT2D eigenvalue weighted by Gasteiger charge is 2.43. The first kappa shape index (κ1) is 14.6. The molecule has 5 nitrogen and oxygen atoms in total. The Kier molecular flexibility index (Phi) is 3.54. The summed E-state index contributed by atoms with van der Waals surface area (Å²) in [6.07, 6.45) is 0.174. The van der Waals surface area contributed by atoms with Crippen molar-refractivity contribution in [1.82, 2.24) is 0 Å². The molecule has 110 valence electrons. The van der Waals surface area contributed by atoms with Crippen molar-refractivity contribution < 1.29 is 18.3 Å². The highest BCUT2D eigenvalue weighted by molar-refractivity contribution is 9.10. The molecule has 2 heterocycles. The molecule has 2 aromatic rings. The first-order valence-corrected chi connectivity index (χ1v) is 9.12. The molecular weight excluding hydrogens is 378 g/mol. The van der Waals surface area contributed by atoms with E-state index in [0.29, 0.717) is 10.2 Å². The van der Waals surface area contributed by atoms with E-state index in [9.17, 15) is 18.3 Å². The summed E-state index contributed by atoms with van der Waals surface area (Å²) in [4.78, 5) is 11.5. The van der Waals surface area contributed by atoms with Gasteiger partial charge in [-0.1, -0.05) is 18.2 Å². The zero-order valence-electron chi connectivity index (χ0n) is 10.6. The molecule has 0 saturated heterocycles. The second kappa shape index (κ2) is 5.11. The number of thiophene rings is 1. The number of hydrogen-bond donors (Lipinski definition) is 1. The molecular formula is C13H10BrNO4S2. The van der Waals surface area contributed by atoms with E-state index < -0.39 is 22.0 Å². The number of carboxylic acids is 1. The van der Waals surface area contributed by atoms with Crippen LogP contribution in [0.15, 0.2) is 44.4 Å². The lowest BCUT2D eigenvalue weighted by atomic mass is 10.1. The van der Waals surface area contributed by atoms with Crippen LogP contribution in [0.1, 0.15) is 5.56 Å². The third-order valence-corrected chi connectivity index (χ3v) is 7.76. The van der Waals surface area contributed by atoms with Gasteiger partial charge < -0.3 is 5.11 Å². The summed E-state index contributed by atoms with van der Waals surface area (Å²) < 4.78 is 27.3. The number of hydrogen-bond acceptors (Lipinski definition) is 4. The summed E-state index contributed by atoms with van der Waals surface area (Å²) in [5, 5.41) is 11.0. The normalized spacial score (nSPS) is 17.8. The molecule has 0 radical (unpaired) electrons. The molecule has 0 spiro atoms. The number of para-hydroxylation sites is 1. The predicted molar refractivity (Wildman–Crippen MR) is 83.3 cm³/mol. The fourth-order valence-electron chi connectivity index (χ4n) is 2.40. The van der Waals surface area contributed by atoms with Gasteiger partial charge in [-0.3, -0.25) is 4.31 Å². The Bertz CT molecular complexity index is 815. The summed E-state index contributed by atoms with van der Waals surface area (Å²) in [5.74, 6) is -1.15. The molecule has 1 aliphatic heterocycles. The van der Waals surface area contributed by atoms with Crippen molar-refractivity contribution in [3.8, 4) is 0 Å². The van der Waals surface area contributed by atoms with Crippen LogP contribution in [0.25, 0.3) is 0 Å². The maximum Gasteiger partial charge on any atom is 0.327 e. The third kappa shape index (κ3) is 2.27. The monoisotopic (exact) mass is 387 g/mol. The summed E-state index contributed by atoms with van der Waals surface area (Å²) >= 11 is 4.27. The molecule has 1 unspecified atom stereocenters. The number of anilines is 1. The number of benzene rings is 1. The molecule has 3 rings (SSSR count). The van der Waals surface area contributed by atoms with E-state index in [2.05, 4.69) is 15.9 Å². The molecule has 1 aliphatic rings. The van der Waals surface area contributed by atoms with Gasteiger partial charge in [-0.15, -0.1) is 11.3 Å². The smallest absolute Gasteiger partial charge is 0.327 e. The van der Waals surface area contributed by atoms with Gasteiger partial charge in [0.15, 0.2) is 4.21 Å². The number of rotatable bonds is 3. The summed E-state index contributed by atoms with van der Waals surface area (Å²) in [6, 6.07) is 7.39. The van der Waals surface area contributed by atoms with E-state index in [1.165, 1.54) is 0 Å². The quantitative estimate of drug-likeness (QED) is 0.878. The van der Waals surface area contributed by atoms with Crippen molar-refractivity contribution in [2.45, 2.75) is 16.7 Å². The van der Waals surface area contributed by atoms with Gasteiger partial charge >= 0.3 is 5.97 Å². The number of aliphatic carboxylic acids is 1. The SMILES string of the molecule is O=C(O)C1Cc2ccccc2N1S(=O)(=O)c1sccc1Br. The summed E-state index contributed by atoms with van der Waals surface area (Å²) in [6.45, 7) is 0. The molecule has 0 saturated carbocycles. The van der Waals surface area contributed by atoms with Crippen molar-refractivity contribution in [3.05, 3.63) is 45.7 Å². The van der Waals surface area contributed by atoms with Crippen LogP contribution in [0.2, 0.25) is 0 Å². The molecule has 1 atom stereocenters. The highest BCUT2D eigenvalue weighted by Crippen LogP contribution is 2.39. The largest absolute Gasteiger partial charge is 0.480 e. The maximum absolute atomic E-state index is 12.8. The van der Waals surface area contributed by atoms with Gasteiger partial charge in [-0.25, -0.2) is 13.2 Å². The molecule has 0 bridgehead atoms. The number of nitrogens with zero attached hydrogens (tertiary/aromatic N) is 1. The highest BCUT2D eigenvalue weighted by atomic mass is 79.9. The predicted octanol–water partition coefficient (Wildman–Crippen LogP) is 2.72. The van der Waals surface area contributed by atoms with Gasteiger partial charge in [0, 0.05) is 10.9 Å². The minimum Gasteiger partial charge on any atom is -0.480 e. The van der Waals surface area contributed by atoms with Gasteiger partial charge in [0.1, 0.15) is 6.04 Å². The Labute approximate surface area is 134 Å². The fraction of sp³-hybridized carbons (Fsp3) is 0.154. The van der Waals surface area contributed by atoms with E-state index in [1.807, 2.05) is 0 Å². The van der Waals surface area contributed by atoms with E-state index in [1.54, 1.807) is 35.7 Å². The van der Waals surface area contributed by atoms with Crippen LogP contribution in [0.3, 0.4) is 0 Å². The summed E-state index contributed by atoms with van der Waals surface area (Å²) in [7, 11) is -3.91. The van der Waals surface area contributed by atoms with Gasteiger partial charge in [0.2, 0.25) is 0 Å². The van der Waals surface area contributed by atoms with E-state index >= 15 is 0 Å². The molecule has 1 N–H and O–H groups in total. The Morgan fingerprint density at radius 3 is 2.67 bits per heavy atom. The second-order valence-electron chi connectivity index (χ2n) is 4.54. The first-order valence-electron chi connectivity index (χ1n) is 6.01. The lowest BCUT2D eigenvalue weighted by Gasteiger charge is -2.23. The van der Waals surface area contributed by atoms with Crippen molar-refractivity contribution in [3.63, 3.8) is 0 Å². The Balaban J connectivity index is 2.19.